The van der Waals surface area contributed by atoms with Crippen LogP contribution in [0.15, 0.2) is 16.9 Å². The zero-order valence-corrected chi connectivity index (χ0v) is 7.70. The van der Waals surface area contributed by atoms with E-state index in [0.29, 0.717) is 12.8 Å². The van der Waals surface area contributed by atoms with Gasteiger partial charge in [-0.15, -0.1) is 0 Å². The highest BCUT2D eigenvalue weighted by Crippen LogP contribution is 2.34. The second-order valence-corrected chi connectivity index (χ2v) is 3.40. The van der Waals surface area contributed by atoms with E-state index in [9.17, 15) is 9.59 Å². The van der Waals surface area contributed by atoms with Crippen molar-refractivity contribution in [3.8, 4) is 0 Å². The van der Waals surface area contributed by atoms with E-state index >= 15 is 0 Å². The Hall–Kier alpha value is -2.01. The first-order chi connectivity index (χ1) is 7.16. The molecule has 2 aliphatic rings. The highest BCUT2D eigenvalue weighted by Gasteiger charge is 2.50. The van der Waals surface area contributed by atoms with Gasteiger partial charge in [0.05, 0.1) is 6.04 Å². The van der Waals surface area contributed by atoms with Gasteiger partial charge in [-0.3, -0.25) is 4.79 Å². The Labute approximate surface area is 84.6 Å². The van der Waals surface area contributed by atoms with Crippen molar-refractivity contribution in [3.05, 3.63) is 22.2 Å². The number of carbonyl (C=O) groups excluding carboxylic acids is 1. The van der Waals surface area contributed by atoms with Crippen LogP contribution in [0.5, 0.6) is 0 Å². The fraction of sp³-hybridized carbons (Fsp3) is 0.500. The van der Waals surface area contributed by atoms with Crippen LogP contribution in [-0.4, -0.2) is 34.0 Å². The minimum absolute atomic E-state index is 0.000592. The number of azide groups is 1. The normalized spacial score (nSPS) is 28.4. The summed E-state index contributed by atoms with van der Waals surface area (Å²) in [6.07, 6.45) is 2.75. The van der Waals surface area contributed by atoms with E-state index < -0.39 is 17.9 Å². The number of carbonyl (C=O) groups is 2. The van der Waals surface area contributed by atoms with Gasteiger partial charge in [-0.05, 0) is 18.4 Å². The number of amides is 1. The van der Waals surface area contributed by atoms with Crippen molar-refractivity contribution in [2.75, 3.05) is 0 Å². The van der Waals surface area contributed by atoms with Crippen molar-refractivity contribution in [2.45, 2.75) is 24.9 Å². The van der Waals surface area contributed by atoms with Crippen molar-refractivity contribution in [1.82, 2.24) is 4.90 Å². The van der Waals surface area contributed by atoms with Gasteiger partial charge in [-0.2, -0.15) is 0 Å². The van der Waals surface area contributed by atoms with Crippen LogP contribution in [-0.2, 0) is 9.59 Å². The summed E-state index contributed by atoms with van der Waals surface area (Å²) < 4.78 is 0. The molecule has 15 heavy (non-hydrogen) atoms. The molecule has 0 aromatic carbocycles. The fourth-order valence-corrected chi connectivity index (χ4v) is 1.98. The second kappa shape index (κ2) is 3.29. The molecule has 2 aliphatic heterocycles. The monoisotopic (exact) mass is 208 g/mol. The SMILES string of the molecule is [N-]=[N+]=N[C@H]1C(=O)N2C(C(=O)O)=CCC[C@H]12. The summed E-state index contributed by atoms with van der Waals surface area (Å²) in [4.78, 5) is 26.0. The van der Waals surface area contributed by atoms with Gasteiger partial charge in [-0.25, -0.2) is 4.79 Å². The number of allylic oxidation sites excluding steroid dienone is 1. The molecule has 1 saturated heterocycles. The van der Waals surface area contributed by atoms with E-state index in [1.807, 2.05) is 0 Å². The molecular weight excluding hydrogens is 200 g/mol. The van der Waals surface area contributed by atoms with E-state index in [0.717, 1.165) is 0 Å². The molecule has 0 saturated carbocycles. The lowest BCUT2D eigenvalue weighted by atomic mass is 9.87. The van der Waals surface area contributed by atoms with E-state index in [1.165, 1.54) is 11.0 Å². The van der Waals surface area contributed by atoms with Crippen molar-refractivity contribution >= 4 is 11.9 Å². The number of rotatable bonds is 2. The average molecular weight is 208 g/mol. The Bertz CT molecular complexity index is 410. The Kier molecular flexibility index (Phi) is 2.09. The van der Waals surface area contributed by atoms with Crippen LogP contribution >= 0.6 is 0 Å². The molecular formula is C8H8N4O3. The molecule has 0 aromatic rings. The number of carboxylic acids is 1. The number of carboxylic acid groups (broad SMARTS) is 1. The third-order valence-electron chi connectivity index (χ3n) is 2.64. The minimum atomic E-state index is -1.12. The Morgan fingerprint density at radius 3 is 3.07 bits per heavy atom. The average Bonchev–Trinajstić information content (AvgIpc) is 2.24. The van der Waals surface area contributed by atoms with Gasteiger partial charge in [0, 0.05) is 4.91 Å². The van der Waals surface area contributed by atoms with Gasteiger partial charge in [0.1, 0.15) is 11.7 Å². The number of aliphatic carboxylic acids is 1. The van der Waals surface area contributed by atoms with Crippen LogP contribution in [0, 0.1) is 0 Å². The van der Waals surface area contributed by atoms with Crippen LogP contribution in [0.25, 0.3) is 10.4 Å². The lowest BCUT2D eigenvalue weighted by molar-refractivity contribution is -0.152. The Morgan fingerprint density at radius 2 is 2.47 bits per heavy atom. The Morgan fingerprint density at radius 1 is 1.73 bits per heavy atom. The zero-order valence-electron chi connectivity index (χ0n) is 7.70. The molecule has 2 rings (SSSR count). The number of hydrogen-bond acceptors (Lipinski definition) is 3. The van der Waals surface area contributed by atoms with E-state index in [-0.39, 0.29) is 11.7 Å². The van der Waals surface area contributed by atoms with Crippen LogP contribution in [0.3, 0.4) is 0 Å². The molecule has 0 aliphatic carbocycles. The smallest absolute Gasteiger partial charge is 0.352 e. The predicted octanol–water partition coefficient (Wildman–Crippen LogP) is 0.638. The standard InChI is InChI=1S/C8H8N4O3/c9-11-10-6-4-2-1-3-5(8(14)15)12(4)7(6)13/h3-4,6H,1-2H2,(H,14,15)/t4-,6-/m1/s1. The summed E-state index contributed by atoms with van der Waals surface area (Å²) in [6.45, 7) is 0. The van der Waals surface area contributed by atoms with Crippen molar-refractivity contribution in [2.24, 2.45) is 5.11 Å². The number of hydrogen-bond donors (Lipinski definition) is 1. The largest absolute Gasteiger partial charge is 0.477 e. The van der Waals surface area contributed by atoms with Crippen molar-refractivity contribution < 1.29 is 14.7 Å². The van der Waals surface area contributed by atoms with Gasteiger partial charge in [0.25, 0.3) is 0 Å². The molecule has 7 heteroatoms. The molecule has 0 aromatic heterocycles. The number of β-lactam (4-membered cyclic amide) rings is 1. The van der Waals surface area contributed by atoms with Crippen LogP contribution in [0.2, 0.25) is 0 Å². The van der Waals surface area contributed by atoms with Crippen LogP contribution in [0.4, 0.5) is 0 Å². The summed E-state index contributed by atoms with van der Waals surface area (Å²) in [7, 11) is 0. The molecule has 0 unspecified atom stereocenters. The first-order valence-electron chi connectivity index (χ1n) is 4.47. The predicted molar refractivity (Wildman–Crippen MR) is 48.5 cm³/mol. The highest BCUT2D eigenvalue weighted by atomic mass is 16.4. The fourth-order valence-electron chi connectivity index (χ4n) is 1.98. The van der Waals surface area contributed by atoms with Crippen molar-refractivity contribution in [3.63, 3.8) is 0 Å². The van der Waals surface area contributed by atoms with Gasteiger partial charge in [-0.1, -0.05) is 11.2 Å². The molecule has 0 bridgehead atoms. The third kappa shape index (κ3) is 1.25. The van der Waals surface area contributed by atoms with E-state index in [1.54, 1.807) is 0 Å². The van der Waals surface area contributed by atoms with Gasteiger partial charge in [0.15, 0.2) is 0 Å². The van der Waals surface area contributed by atoms with E-state index in [4.69, 9.17) is 10.6 Å². The summed E-state index contributed by atoms with van der Waals surface area (Å²) in [5.41, 5.74) is 8.24. The molecule has 0 spiro atoms. The summed E-state index contributed by atoms with van der Waals surface area (Å²) in [5, 5.41) is 12.2. The quantitative estimate of drug-likeness (QED) is 0.311. The zero-order chi connectivity index (χ0) is 11.0. The van der Waals surface area contributed by atoms with Gasteiger partial charge >= 0.3 is 5.97 Å². The molecule has 0 radical (unpaired) electrons. The molecule has 2 heterocycles. The van der Waals surface area contributed by atoms with Crippen molar-refractivity contribution in [1.29, 1.82) is 0 Å². The topological polar surface area (TPSA) is 106 Å². The molecule has 1 N–H and O–H groups in total. The first-order valence-corrected chi connectivity index (χ1v) is 4.47. The molecule has 78 valence electrons. The first kappa shape index (κ1) is 9.54. The van der Waals surface area contributed by atoms with Crippen LogP contribution in [0.1, 0.15) is 12.8 Å². The summed E-state index contributed by atoms with van der Waals surface area (Å²) in [6, 6.07) is -0.998. The van der Waals surface area contributed by atoms with Crippen LogP contribution < -0.4 is 0 Å². The summed E-state index contributed by atoms with van der Waals surface area (Å²) in [5.74, 6) is -1.54. The minimum Gasteiger partial charge on any atom is -0.477 e. The Balaban J connectivity index is 2.26. The molecule has 7 nitrogen and oxygen atoms in total. The van der Waals surface area contributed by atoms with E-state index in [2.05, 4.69) is 10.0 Å². The van der Waals surface area contributed by atoms with Gasteiger partial charge < -0.3 is 10.0 Å². The molecule has 1 amide bonds. The lowest BCUT2D eigenvalue weighted by Crippen LogP contribution is -2.64. The maximum Gasteiger partial charge on any atom is 0.352 e. The molecule has 2 atom stereocenters. The number of fused-ring (bicyclic) bond motifs is 1. The maximum atomic E-state index is 11.5. The van der Waals surface area contributed by atoms with Gasteiger partial charge in [0.2, 0.25) is 5.91 Å². The maximum absolute atomic E-state index is 11.5. The highest BCUT2D eigenvalue weighted by molar-refractivity contribution is 5.99. The third-order valence-corrected chi connectivity index (χ3v) is 2.64. The second-order valence-electron chi connectivity index (χ2n) is 3.40. The lowest BCUT2D eigenvalue weighted by Gasteiger charge is -2.47. The molecule has 1 fully saturated rings. The number of nitrogens with zero attached hydrogens (tertiary/aromatic N) is 4. The summed E-state index contributed by atoms with van der Waals surface area (Å²) >= 11 is 0.